The maximum absolute atomic E-state index is 6.32. The number of benzene rings is 3. The monoisotopic (exact) mass is 404 g/mol. The topological polar surface area (TPSA) is 37.0 Å². The molecule has 4 heteroatoms. The third-order valence-corrected chi connectivity index (χ3v) is 6.21. The van der Waals surface area contributed by atoms with E-state index in [1.165, 1.54) is 27.7 Å². The molecule has 0 atom stereocenters. The van der Waals surface area contributed by atoms with Gasteiger partial charge in [-0.25, -0.2) is 0 Å². The first-order valence-corrected chi connectivity index (χ1v) is 10.8. The van der Waals surface area contributed by atoms with E-state index in [9.17, 15) is 0 Å². The minimum Gasteiger partial charge on any atom is -0.493 e. The molecule has 1 aliphatic rings. The second kappa shape index (κ2) is 8.10. The molecule has 3 nitrogen and oxygen atoms in total. The molecular formula is C25H25ClN2O. The van der Waals surface area contributed by atoms with Crippen LogP contribution in [0, 0.1) is 0 Å². The number of nitrogens with one attached hydrogen (secondary N) is 2. The van der Waals surface area contributed by atoms with Gasteiger partial charge in [0.2, 0.25) is 0 Å². The van der Waals surface area contributed by atoms with Gasteiger partial charge in [-0.3, -0.25) is 0 Å². The molecule has 0 saturated heterocycles. The van der Waals surface area contributed by atoms with Crippen molar-refractivity contribution >= 4 is 33.3 Å². The van der Waals surface area contributed by atoms with E-state index in [2.05, 4.69) is 34.6 Å². The highest BCUT2D eigenvalue weighted by Gasteiger charge is 2.16. The molecule has 1 aliphatic heterocycles. The highest BCUT2D eigenvalue weighted by Crippen LogP contribution is 2.32. The second-order valence-corrected chi connectivity index (χ2v) is 8.12. The maximum Gasteiger partial charge on any atom is 0.127 e. The molecule has 0 saturated carbocycles. The summed E-state index contributed by atoms with van der Waals surface area (Å²) in [6, 6.07) is 18.7. The predicted molar refractivity (Wildman–Crippen MR) is 121 cm³/mol. The van der Waals surface area contributed by atoms with Crippen molar-refractivity contribution in [2.45, 2.75) is 25.7 Å². The quantitative estimate of drug-likeness (QED) is 0.420. The third-order valence-electron chi connectivity index (χ3n) is 5.88. The Bertz CT molecular complexity index is 1160. The van der Waals surface area contributed by atoms with Crippen LogP contribution < -0.4 is 10.1 Å². The van der Waals surface area contributed by atoms with Gasteiger partial charge in [0, 0.05) is 45.4 Å². The molecule has 0 amide bonds. The number of aromatic amines is 1. The first kappa shape index (κ1) is 18.5. The van der Waals surface area contributed by atoms with Crippen LogP contribution in [0.1, 0.15) is 23.2 Å². The van der Waals surface area contributed by atoms with Crippen LogP contribution in [0.25, 0.3) is 21.7 Å². The first-order chi connectivity index (χ1) is 14.3. The average molecular weight is 405 g/mol. The molecule has 3 aromatic carbocycles. The fourth-order valence-corrected chi connectivity index (χ4v) is 4.73. The minimum absolute atomic E-state index is 0.691. The maximum atomic E-state index is 6.32. The van der Waals surface area contributed by atoms with Crippen LogP contribution in [-0.4, -0.2) is 24.7 Å². The zero-order chi connectivity index (χ0) is 19.6. The molecule has 0 unspecified atom stereocenters. The van der Waals surface area contributed by atoms with Crippen LogP contribution in [0.2, 0.25) is 5.02 Å². The van der Waals surface area contributed by atoms with Crippen molar-refractivity contribution in [3.05, 3.63) is 76.4 Å². The van der Waals surface area contributed by atoms with E-state index in [1.54, 1.807) is 0 Å². The molecule has 0 spiro atoms. The third kappa shape index (κ3) is 3.61. The van der Waals surface area contributed by atoms with Crippen LogP contribution in [0.5, 0.6) is 5.75 Å². The fourth-order valence-electron chi connectivity index (χ4n) is 4.50. The van der Waals surface area contributed by atoms with Gasteiger partial charge in [0.15, 0.2) is 0 Å². The van der Waals surface area contributed by atoms with Gasteiger partial charge in [0.1, 0.15) is 5.75 Å². The first-order valence-electron chi connectivity index (χ1n) is 10.4. The van der Waals surface area contributed by atoms with Gasteiger partial charge in [0.25, 0.3) is 0 Å². The van der Waals surface area contributed by atoms with Crippen LogP contribution in [0.4, 0.5) is 0 Å². The van der Waals surface area contributed by atoms with Crippen LogP contribution in [0.15, 0.2) is 54.6 Å². The lowest BCUT2D eigenvalue weighted by molar-refractivity contribution is 0.315. The molecule has 4 aromatic rings. The van der Waals surface area contributed by atoms with Gasteiger partial charge in [-0.05, 0) is 55.1 Å². The largest absolute Gasteiger partial charge is 0.493 e. The van der Waals surface area contributed by atoms with E-state index in [-0.39, 0.29) is 0 Å². The summed E-state index contributed by atoms with van der Waals surface area (Å²) in [5.41, 5.74) is 5.61. The molecule has 0 radical (unpaired) electrons. The summed E-state index contributed by atoms with van der Waals surface area (Å²) in [6.07, 6.45) is 4.17. The number of aromatic nitrogens is 1. The number of aryl methyl sites for hydroxylation is 1. The van der Waals surface area contributed by atoms with E-state index in [1.807, 2.05) is 30.3 Å². The van der Waals surface area contributed by atoms with Gasteiger partial charge in [0.05, 0.1) is 6.61 Å². The lowest BCUT2D eigenvalue weighted by Crippen LogP contribution is -2.16. The van der Waals surface area contributed by atoms with E-state index in [0.717, 1.165) is 60.3 Å². The van der Waals surface area contributed by atoms with Crippen molar-refractivity contribution in [1.82, 2.24) is 10.3 Å². The minimum atomic E-state index is 0.691. The molecule has 2 heterocycles. The van der Waals surface area contributed by atoms with Crippen molar-refractivity contribution in [2.75, 3.05) is 19.7 Å². The van der Waals surface area contributed by atoms with Crippen molar-refractivity contribution in [3.8, 4) is 5.75 Å². The number of ether oxygens (including phenoxy) is 1. The van der Waals surface area contributed by atoms with E-state index in [4.69, 9.17) is 16.3 Å². The molecule has 0 bridgehead atoms. The van der Waals surface area contributed by atoms with Crippen LogP contribution in [-0.2, 0) is 19.3 Å². The number of fused-ring (bicyclic) bond motifs is 4. The van der Waals surface area contributed by atoms with Crippen molar-refractivity contribution in [3.63, 3.8) is 0 Å². The number of hydrogen-bond acceptors (Lipinski definition) is 2. The Morgan fingerprint density at radius 3 is 2.69 bits per heavy atom. The lowest BCUT2D eigenvalue weighted by atomic mass is 9.99. The zero-order valence-corrected chi connectivity index (χ0v) is 17.2. The Labute approximate surface area is 176 Å². The Hall–Kier alpha value is -2.49. The summed E-state index contributed by atoms with van der Waals surface area (Å²) in [6.45, 7) is 2.80. The molecule has 148 valence electrons. The number of halogens is 1. The lowest BCUT2D eigenvalue weighted by Gasteiger charge is -2.11. The second-order valence-electron chi connectivity index (χ2n) is 7.71. The van der Waals surface area contributed by atoms with Gasteiger partial charge < -0.3 is 15.0 Å². The van der Waals surface area contributed by atoms with Crippen molar-refractivity contribution in [2.24, 2.45) is 0 Å². The summed E-state index contributed by atoms with van der Waals surface area (Å²) in [7, 11) is 0. The molecule has 5 rings (SSSR count). The number of hydrogen-bond donors (Lipinski definition) is 2. The normalized spacial score (nSPS) is 14.1. The Morgan fingerprint density at radius 2 is 1.76 bits per heavy atom. The molecule has 29 heavy (non-hydrogen) atoms. The summed E-state index contributed by atoms with van der Waals surface area (Å²) in [4.78, 5) is 3.65. The number of H-pyrrole nitrogens is 1. The summed E-state index contributed by atoms with van der Waals surface area (Å²) in [5.74, 6) is 0.907. The smallest absolute Gasteiger partial charge is 0.127 e. The summed E-state index contributed by atoms with van der Waals surface area (Å²) >= 11 is 6.32. The Morgan fingerprint density at radius 1 is 0.897 bits per heavy atom. The van der Waals surface area contributed by atoms with Gasteiger partial charge in [-0.15, -0.1) is 0 Å². The van der Waals surface area contributed by atoms with E-state index in [0.29, 0.717) is 6.61 Å². The van der Waals surface area contributed by atoms with E-state index >= 15 is 0 Å². The van der Waals surface area contributed by atoms with Gasteiger partial charge in [-0.1, -0.05) is 48.0 Å². The fraction of sp³-hybridized carbons (Fsp3) is 0.280. The molecule has 1 aromatic heterocycles. The van der Waals surface area contributed by atoms with Gasteiger partial charge in [-0.2, -0.15) is 0 Å². The number of rotatable bonds is 5. The van der Waals surface area contributed by atoms with E-state index < -0.39 is 0 Å². The van der Waals surface area contributed by atoms with Gasteiger partial charge >= 0.3 is 0 Å². The average Bonchev–Trinajstić information content (AvgIpc) is 2.95. The molecular weight excluding hydrogens is 380 g/mol. The Kier molecular flexibility index (Phi) is 5.17. The highest BCUT2D eigenvalue weighted by atomic mass is 35.5. The predicted octanol–water partition coefficient (Wildman–Crippen LogP) is 5.67. The van der Waals surface area contributed by atoms with Crippen molar-refractivity contribution in [1.29, 1.82) is 0 Å². The van der Waals surface area contributed by atoms with Crippen molar-refractivity contribution < 1.29 is 4.74 Å². The molecule has 0 aliphatic carbocycles. The SMILES string of the molecule is Clc1ccc(OCCCc2cccc3[nH]c4c(c23)CCNCC4)c2ccccc12. The summed E-state index contributed by atoms with van der Waals surface area (Å²) in [5, 5.41) is 7.82. The van der Waals surface area contributed by atoms with Crippen LogP contribution >= 0.6 is 11.6 Å². The highest BCUT2D eigenvalue weighted by molar-refractivity contribution is 6.35. The molecule has 2 N–H and O–H groups in total. The standard InChI is InChI=1S/C25H25ClN2O/c26-21-10-11-24(19-8-2-1-7-18(19)21)29-16-4-6-17-5-3-9-23-25(17)20-12-14-27-15-13-22(20)28-23/h1-3,5,7-11,27-28H,4,6,12-16H2. The zero-order valence-electron chi connectivity index (χ0n) is 16.4. The summed E-state index contributed by atoms with van der Waals surface area (Å²) < 4.78 is 6.15. The Balaban J connectivity index is 1.32. The van der Waals surface area contributed by atoms with Crippen LogP contribution in [0.3, 0.4) is 0 Å². The molecule has 0 fully saturated rings.